The van der Waals surface area contributed by atoms with Crippen molar-refractivity contribution in [2.45, 2.75) is 31.1 Å². The molecular weight excluding hydrogens is 346 g/mol. The molecule has 0 amide bonds. The van der Waals surface area contributed by atoms with Crippen molar-refractivity contribution >= 4 is 33.3 Å². The van der Waals surface area contributed by atoms with Crippen molar-refractivity contribution in [1.82, 2.24) is 8.87 Å². The number of benzene rings is 1. The van der Waals surface area contributed by atoms with Crippen molar-refractivity contribution in [3.63, 3.8) is 0 Å². The van der Waals surface area contributed by atoms with Crippen molar-refractivity contribution < 1.29 is 8.42 Å². The van der Waals surface area contributed by atoms with Crippen LogP contribution in [0.5, 0.6) is 0 Å². The van der Waals surface area contributed by atoms with Crippen LogP contribution in [0.2, 0.25) is 0 Å². The lowest BCUT2D eigenvalue weighted by Crippen LogP contribution is -2.40. The highest BCUT2D eigenvalue weighted by atomic mass is 35.5. The van der Waals surface area contributed by atoms with Crippen LogP contribution < -0.4 is 5.73 Å². The molecule has 1 unspecified atom stereocenters. The molecule has 1 fully saturated rings. The summed E-state index contributed by atoms with van der Waals surface area (Å²) in [5, 5.41) is 0.813. The largest absolute Gasteiger partial charge is 0.347 e. The Morgan fingerprint density at radius 1 is 1.29 bits per heavy atom. The Kier molecular flexibility index (Phi) is 5.96. The van der Waals surface area contributed by atoms with Gasteiger partial charge in [-0.2, -0.15) is 4.31 Å². The summed E-state index contributed by atoms with van der Waals surface area (Å²) in [6, 6.07) is 7.70. The molecule has 1 aliphatic heterocycles. The summed E-state index contributed by atoms with van der Waals surface area (Å²) in [6.07, 6.45) is 2.87. The van der Waals surface area contributed by atoms with Gasteiger partial charge in [-0.15, -0.1) is 12.4 Å². The first-order chi connectivity index (χ1) is 11.0. The molecule has 0 saturated carbocycles. The van der Waals surface area contributed by atoms with E-state index in [0.29, 0.717) is 30.4 Å². The van der Waals surface area contributed by atoms with Crippen LogP contribution in [0.15, 0.2) is 29.2 Å². The zero-order chi connectivity index (χ0) is 16.6. The molecule has 0 spiro atoms. The zero-order valence-electron chi connectivity index (χ0n) is 14.2. The Labute approximate surface area is 150 Å². The lowest BCUT2D eigenvalue weighted by atomic mass is 9.96. The molecule has 5 nitrogen and oxygen atoms in total. The first kappa shape index (κ1) is 19.2. The number of sulfonamides is 1. The summed E-state index contributed by atoms with van der Waals surface area (Å²) in [6.45, 7) is 3.69. The minimum absolute atomic E-state index is 0. The van der Waals surface area contributed by atoms with E-state index in [1.807, 2.05) is 42.8 Å². The Bertz CT molecular complexity index is 815. The molecule has 2 aromatic rings. The van der Waals surface area contributed by atoms with Gasteiger partial charge in [0.1, 0.15) is 4.90 Å². The predicted molar refractivity (Wildman–Crippen MR) is 100 cm³/mol. The Balaban J connectivity index is 0.00000208. The fourth-order valence-electron chi connectivity index (χ4n) is 3.66. The maximum Gasteiger partial charge on any atom is 0.245 e. The van der Waals surface area contributed by atoms with Gasteiger partial charge in [0.25, 0.3) is 0 Å². The second kappa shape index (κ2) is 7.44. The highest BCUT2D eigenvalue weighted by molar-refractivity contribution is 7.89. The number of aromatic nitrogens is 1. The van der Waals surface area contributed by atoms with E-state index >= 15 is 0 Å². The molecule has 0 aliphatic carbocycles. The van der Waals surface area contributed by atoms with Gasteiger partial charge in [-0.25, -0.2) is 8.42 Å². The van der Waals surface area contributed by atoms with Gasteiger partial charge >= 0.3 is 0 Å². The molecule has 0 bridgehead atoms. The topological polar surface area (TPSA) is 68.3 Å². The number of para-hydroxylation sites is 1. The number of piperidine rings is 1. The number of hydrogen-bond acceptors (Lipinski definition) is 3. The number of hydrogen-bond donors (Lipinski definition) is 1. The third kappa shape index (κ3) is 3.20. The average molecular weight is 372 g/mol. The predicted octanol–water partition coefficient (Wildman–Crippen LogP) is 2.66. The first-order valence-electron chi connectivity index (χ1n) is 8.21. The minimum atomic E-state index is -3.48. The molecule has 0 radical (unpaired) electrons. The lowest BCUT2D eigenvalue weighted by molar-refractivity contribution is 0.258. The first-order valence-corrected chi connectivity index (χ1v) is 9.65. The summed E-state index contributed by atoms with van der Waals surface area (Å²) >= 11 is 0. The van der Waals surface area contributed by atoms with Gasteiger partial charge in [-0.05, 0) is 44.7 Å². The molecule has 3 rings (SSSR count). The summed E-state index contributed by atoms with van der Waals surface area (Å²) in [5.41, 5.74) is 7.41. The van der Waals surface area contributed by atoms with Crippen molar-refractivity contribution in [3.8, 4) is 0 Å². The van der Waals surface area contributed by atoms with Crippen molar-refractivity contribution in [1.29, 1.82) is 0 Å². The van der Waals surface area contributed by atoms with E-state index in [9.17, 15) is 8.42 Å². The molecule has 134 valence electrons. The van der Waals surface area contributed by atoms with Crippen LogP contribution in [0.3, 0.4) is 0 Å². The quantitative estimate of drug-likeness (QED) is 0.898. The maximum absolute atomic E-state index is 13.3. The van der Waals surface area contributed by atoms with Crippen molar-refractivity contribution in [2.24, 2.45) is 18.7 Å². The second-order valence-corrected chi connectivity index (χ2v) is 8.31. The minimum Gasteiger partial charge on any atom is -0.347 e. The van der Waals surface area contributed by atoms with Gasteiger partial charge in [0, 0.05) is 36.7 Å². The maximum atomic E-state index is 13.3. The Morgan fingerprint density at radius 2 is 2.00 bits per heavy atom. The third-order valence-electron chi connectivity index (χ3n) is 5.00. The van der Waals surface area contributed by atoms with E-state index in [-0.39, 0.29) is 12.4 Å². The van der Waals surface area contributed by atoms with Gasteiger partial charge in [0.15, 0.2) is 0 Å². The van der Waals surface area contributed by atoms with E-state index < -0.39 is 10.0 Å². The highest BCUT2D eigenvalue weighted by Gasteiger charge is 2.33. The van der Waals surface area contributed by atoms with Crippen LogP contribution in [0.1, 0.15) is 25.0 Å². The summed E-state index contributed by atoms with van der Waals surface area (Å²) < 4.78 is 30.2. The molecule has 1 atom stereocenters. The van der Waals surface area contributed by atoms with Crippen LogP contribution in [-0.4, -0.2) is 36.9 Å². The molecule has 1 aromatic heterocycles. The van der Waals surface area contributed by atoms with Crippen molar-refractivity contribution in [2.75, 3.05) is 19.6 Å². The standard InChI is InChI=1S/C17H25N3O2S.ClH/c1-13-17(15-7-3-4-8-16(15)19(13)2)23(21,22)20-11-5-6-14(12-20)9-10-18;/h3-4,7-8,14H,5-6,9-12,18H2,1-2H3;1H. The smallest absolute Gasteiger partial charge is 0.245 e. The van der Waals surface area contributed by atoms with Gasteiger partial charge < -0.3 is 10.3 Å². The molecule has 24 heavy (non-hydrogen) atoms. The SMILES string of the molecule is Cc1c(S(=O)(=O)N2CCCC(CCN)C2)c2ccccc2n1C.Cl. The molecule has 2 N–H and O–H groups in total. The normalized spacial score (nSPS) is 19.4. The van der Waals surface area contributed by atoms with E-state index in [2.05, 4.69) is 0 Å². The number of fused-ring (bicyclic) bond motifs is 1. The average Bonchev–Trinajstić information content (AvgIpc) is 2.80. The summed E-state index contributed by atoms with van der Waals surface area (Å²) in [5.74, 6) is 0.374. The summed E-state index contributed by atoms with van der Waals surface area (Å²) in [4.78, 5) is 0.462. The Morgan fingerprint density at radius 3 is 2.71 bits per heavy atom. The van der Waals surface area contributed by atoms with E-state index in [4.69, 9.17) is 5.73 Å². The molecule has 1 aromatic carbocycles. The van der Waals surface area contributed by atoms with Crippen LogP contribution in [-0.2, 0) is 17.1 Å². The zero-order valence-corrected chi connectivity index (χ0v) is 15.9. The van der Waals surface area contributed by atoms with E-state index in [1.54, 1.807) is 4.31 Å². The van der Waals surface area contributed by atoms with Crippen LogP contribution in [0.25, 0.3) is 10.9 Å². The molecular formula is C17H26ClN3O2S. The van der Waals surface area contributed by atoms with Gasteiger partial charge in [0.05, 0.1) is 0 Å². The van der Waals surface area contributed by atoms with E-state index in [0.717, 1.165) is 35.9 Å². The summed E-state index contributed by atoms with van der Waals surface area (Å²) in [7, 11) is -1.56. The lowest BCUT2D eigenvalue weighted by Gasteiger charge is -2.31. The van der Waals surface area contributed by atoms with Crippen LogP contribution in [0, 0.1) is 12.8 Å². The van der Waals surface area contributed by atoms with Crippen LogP contribution in [0.4, 0.5) is 0 Å². The van der Waals surface area contributed by atoms with E-state index in [1.165, 1.54) is 0 Å². The monoisotopic (exact) mass is 371 g/mol. The number of rotatable bonds is 4. The third-order valence-corrected chi connectivity index (χ3v) is 7.04. The van der Waals surface area contributed by atoms with Crippen LogP contribution >= 0.6 is 12.4 Å². The number of aryl methyl sites for hydroxylation is 1. The fraction of sp³-hybridized carbons (Fsp3) is 0.529. The highest BCUT2D eigenvalue weighted by Crippen LogP contribution is 2.33. The Hall–Kier alpha value is -1.08. The molecule has 1 saturated heterocycles. The van der Waals surface area contributed by atoms with Crippen molar-refractivity contribution in [3.05, 3.63) is 30.0 Å². The second-order valence-electron chi connectivity index (χ2n) is 6.44. The molecule has 7 heteroatoms. The number of halogens is 1. The van der Waals surface area contributed by atoms with Gasteiger partial charge in [-0.1, -0.05) is 18.2 Å². The number of nitrogens with two attached hydrogens (primary N) is 1. The number of nitrogens with zero attached hydrogens (tertiary/aromatic N) is 2. The molecule has 2 heterocycles. The van der Waals surface area contributed by atoms with Gasteiger partial charge in [0.2, 0.25) is 10.0 Å². The molecule has 1 aliphatic rings. The fourth-order valence-corrected chi connectivity index (χ4v) is 5.65. The van der Waals surface area contributed by atoms with Gasteiger partial charge in [-0.3, -0.25) is 0 Å².